The molecule has 0 aliphatic heterocycles. The average Bonchev–Trinajstić information content (AvgIpc) is 2.63. The van der Waals surface area contributed by atoms with Crippen LogP contribution in [0, 0.1) is 6.92 Å². The van der Waals surface area contributed by atoms with Gasteiger partial charge in [0.15, 0.2) is 0 Å². The molecule has 0 saturated carbocycles. The number of nitrogens with one attached hydrogen (secondary N) is 2. The molecule has 3 rings (SSSR count). The van der Waals surface area contributed by atoms with Crippen molar-refractivity contribution in [3.8, 4) is 0 Å². The van der Waals surface area contributed by atoms with E-state index >= 15 is 0 Å². The fourth-order valence-electron chi connectivity index (χ4n) is 2.90. The molecule has 134 valence electrons. The van der Waals surface area contributed by atoms with Gasteiger partial charge < -0.3 is 5.32 Å². The van der Waals surface area contributed by atoms with Crippen LogP contribution in [0.25, 0.3) is 10.8 Å². The molecule has 6 heteroatoms. The zero-order chi connectivity index (χ0) is 18.7. The van der Waals surface area contributed by atoms with Gasteiger partial charge in [0.25, 0.3) is 0 Å². The summed E-state index contributed by atoms with van der Waals surface area (Å²) in [4.78, 5) is 12.6. The van der Waals surface area contributed by atoms with Crippen molar-refractivity contribution >= 4 is 32.4 Å². The molecule has 2 N–H and O–H groups in total. The van der Waals surface area contributed by atoms with E-state index in [1.54, 1.807) is 19.1 Å². The van der Waals surface area contributed by atoms with Crippen LogP contribution in [0.2, 0.25) is 0 Å². The first-order chi connectivity index (χ1) is 12.4. The van der Waals surface area contributed by atoms with Gasteiger partial charge in [-0.1, -0.05) is 48.5 Å². The van der Waals surface area contributed by atoms with Crippen molar-refractivity contribution in [1.82, 2.24) is 4.72 Å². The molecule has 0 saturated heterocycles. The Bertz CT molecular complexity index is 1070. The lowest BCUT2D eigenvalue weighted by atomic mass is 10.0. The Morgan fingerprint density at radius 1 is 1.00 bits per heavy atom. The lowest BCUT2D eigenvalue weighted by Crippen LogP contribution is -2.20. The first-order valence-electron chi connectivity index (χ1n) is 8.21. The molecule has 0 spiro atoms. The van der Waals surface area contributed by atoms with Gasteiger partial charge >= 0.3 is 0 Å². The molecule has 0 heterocycles. The average molecular weight is 368 g/mol. The minimum absolute atomic E-state index is 0.156. The number of hydrogen-bond donors (Lipinski definition) is 2. The molecule has 0 aliphatic rings. The number of sulfonamides is 1. The van der Waals surface area contributed by atoms with Crippen molar-refractivity contribution in [3.05, 3.63) is 71.8 Å². The summed E-state index contributed by atoms with van der Waals surface area (Å²) in [6.07, 6.45) is 0.212. The standard InChI is InChI=1S/C20H20N2O3S/c1-14-10-11-17(13-19(14)26(24,25)21-2)22-20(23)12-16-8-5-7-15-6-3-4-9-18(15)16/h3-11,13,21H,12H2,1-2H3,(H,22,23). The van der Waals surface area contributed by atoms with E-state index in [0.29, 0.717) is 11.3 Å². The van der Waals surface area contributed by atoms with E-state index in [4.69, 9.17) is 0 Å². The van der Waals surface area contributed by atoms with Crippen LogP contribution in [-0.2, 0) is 21.2 Å². The molecule has 0 aliphatic carbocycles. The number of amides is 1. The van der Waals surface area contributed by atoms with Gasteiger partial charge in [-0.3, -0.25) is 4.79 Å². The summed E-state index contributed by atoms with van der Waals surface area (Å²) in [5, 5.41) is 4.90. The van der Waals surface area contributed by atoms with Crippen LogP contribution in [0.4, 0.5) is 5.69 Å². The minimum atomic E-state index is -3.58. The Balaban J connectivity index is 1.83. The van der Waals surface area contributed by atoms with E-state index in [2.05, 4.69) is 10.0 Å². The highest BCUT2D eigenvalue weighted by Crippen LogP contribution is 2.22. The summed E-state index contributed by atoms with van der Waals surface area (Å²) in [5.41, 5.74) is 2.00. The third-order valence-electron chi connectivity index (χ3n) is 4.26. The van der Waals surface area contributed by atoms with Gasteiger partial charge in [0, 0.05) is 5.69 Å². The van der Waals surface area contributed by atoms with Crippen molar-refractivity contribution in [2.75, 3.05) is 12.4 Å². The van der Waals surface area contributed by atoms with Gasteiger partial charge in [-0.2, -0.15) is 0 Å². The van der Waals surface area contributed by atoms with Gasteiger partial charge in [-0.15, -0.1) is 0 Å². The number of fused-ring (bicyclic) bond motifs is 1. The highest BCUT2D eigenvalue weighted by atomic mass is 32.2. The molecule has 0 unspecified atom stereocenters. The molecule has 0 bridgehead atoms. The molecule has 5 nitrogen and oxygen atoms in total. The van der Waals surface area contributed by atoms with Crippen LogP contribution in [-0.4, -0.2) is 21.4 Å². The third kappa shape index (κ3) is 3.76. The third-order valence-corrected chi connectivity index (χ3v) is 5.82. The van der Waals surface area contributed by atoms with Gasteiger partial charge in [0.05, 0.1) is 11.3 Å². The lowest BCUT2D eigenvalue weighted by molar-refractivity contribution is -0.115. The maximum absolute atomic E-state index is 12.5. The largest absolute Gasteiger partial charge is 0.326 e. The van der Waals surface area contributed by atoms with Crippen molar-refractivity contribution in [1.29, 1.82) is 0 Å². The first kappa shape index (κ1) is 18.1. The van der Waals surface area contributed by atoms with Crippen LogP contribution < -0.4 is 10.0 Å². The maximum Gasteiger partial charge on any atom is 0.240 e. The molecule has 26 heavy (non-hydrogen) atoms. The maximum atomic E-state index is 12.5. The molecule has 0 atom stereocenters. The van der Waals surface area contributed by atoms with Crippen LogP contribution in [0.3, 0.4) is 0 Å². The lowest BCUT2D eigenvalue weighted by Gasteiger charge is -2.11. The SMILES string of the molecule is CNS(=O)(=O)c1cc(NC(=O)Cc2cccc3ccccc23)ccc1C. The minimum Gasteiger partial charge on any atom is -0.326 e. The smallest absolute Gasteiger partial charge is 0.240 e. The molecule has 1 amide bonds. The Kier molecular flexibility index (Phi) is 5.06. The van der Waals surface area contributed by atoms with E-state index in [1.165, 1.54) is 13.1 Å². The van der Waals surface area contributed by atoms with E-state index in [1.807, 2.05) is 42.5 Å². The highest BCUT2D eigenvalue weighted by Gasteiger charge is 2.16. The predicted octanol–water partition coefficient (Wildman–Crippen LogP) is 3.24. The molecule has 0 aromatic heterocycles. The summed E-state index contributed by atoms with van der Waals surface area (Å²) in [6.45, 7) is 1.71. The van der Waals surface area contributed by atoms with E-state index in [0.717, 1.165) is 16.3 Å². The van der Waals surface area contributed by atoms with Crippen LogP contribution in [0.1, 0.15) is 11.1 Å². The normalized spacial score (nSPS) is 11.5. The second kappa shape index (κ2) is 7.27. The Morgan fingerprint density at radius 2 is 1.73 bits per heavy atom. The van der Waals surface area contributed by atoms with E-state index in [9.17, 15) is 13.2 Å². The fourth-order valence-corrected chi connectivity index (χ4v) is 3.90. The number of carbonyl (C=O) groups excluding carboxylic acids is 1. The molecule has 3 aromatic rings. The number of hydrogen-bond acceptors (Lipinski definition) is 3. The second-order valence-electron chi connectivity index (χ2n) is 6.05. The Labute approximate surface area is 153 Å². The topological polar surface area (TPSA) is 75.3 Å². The Morgan fingerprint density at radius 3 is 2.50 bits per heavy atom. The van der Waals surface area contributed by atoms with Crippen molar-refractivity contribution in [2.24, 2.45) is 0 Å². The second-order valence-corrected chi connectivity index (χ2v) is 7.91. The number of rotatable bonds is 5. The number of aryl methyl sites for hydroxylation is 1. The Hall–Kier alpha value is -2.70. The van der Waals surface area contributed by atoms with Crippen molar-refractivity contribution in [2.45, 2.75) is 18.2 Å². The van der Waals surface area contributed by atoms with Crippen molar-refractivity contribution in [3.63, 3.8) is 0 Å². The van der Waals surface area contributed by atoms with Crippen LogP contribution in [0.15, 0.2) is 65.6 Å². The van der Waals surface area contributed by atoms with Crippen LogP contribution in [0.5, 0.6) is 0 Å². The van der Waals surface area contributed by atoms with Gasteiger partial charge in [-0.25, -0.2) is 13.1 Å². The molecule has 0 fully saturated rings. The summed E-state index contributed by atoms with van der Waals surface area (Å²) in [5.74, 6) is -0.196. The number of benzene rings is 3. The molecular formula is C20H20N2O3S. The highest BCUT2D eigenvalue weighted by molar-refractivity contribution is 7.89. The fraction of sp³-hybridized carbons (Fsp3) is 0.150. The molecular weight excluding hydrogens is 348 g/mol. The summed E-state index contributed by atoms with van der Waals surface area (Å²) in [7, 11) is -2.21. The van der Waals surface area contributed by atoms with Gasteiger partial charge in [0.2, 0.25) is 15.9 Å². The number of anilines is 1. The summed E-state index contributed by atoms with van der Waals surface area (Å²) in [6, 6.07) is 18.6. The predicted molar refractivity (Wildman–Crippen MR) is 104 cm³/mol. The monoisotopic (exact) mass is 368 g/mol. The summed E-state index contributed by atoms with van der Waals surface area (Å²) >= 11 is 0. The van der Waals surface area contributed by atoms with E-state index in [-0.39, 0.29) is 17.2 Å². The first-order valence-corrected chi connectivity index (χ1v) is 9.70. The quantitative estimate of drug-likeness (QED) is 0.726. The van der Waals surface area contributed by atoms with Gasteiger partial charge in [-0.05, 0) is 48.0 Å². The zero-order valence-electron chi connectivity index (χ0n) is 14.6. The van der Waals surface area contributed by atoms with Crippen LogP contribution >= 0.6 is 0 Å². The van der Waals surface area contributed by atoms with Gasteiger partial charge in [0.1, 0.15) is 0 Å². The summed E-state index contributed by atoms with van der Waals surface area (Å²) < 4.78 is 26.4. The molecule has 3 aromatic carbocycles. The number of carbonyl (C=O) groups is 1. The zero-order valence-corrected chi connectivity index (χ0v) is 15.4. The van der Waals surface area contributed by atoms with E-state index < -0.39 is 10.0 Å². The molecule has 0 radical (unpaired) electrons. The van der Waals surface area contributed by atoms with Crippen molar-refractivity contribution < 1.29 is 13.2 Å².